The van der Waals surface area contributed by atoms with Gasteiger partial charge in [0.25, 0.3) is 0 Å². The van der Waals surface area contributed by atoms with Gasteiger partial charge >= 0.3 is 0 Å². The van der Waals surface area contributed by atoms with Crippen LogP contribution in [0.25, 0.3) is 64.0 Å². The number of rotatable bonds is 6. The number of nitrogens with zero attached hydrogens (tertiary/aromatic N) is 2. The molecule has 0 saturated heterocycles. The summed E-state index contributed by atoms with van der Waals surface area (Å²) >= 11 is 1.82. The quantitative estimate of drug-likeness (QED) is 0.173. The van der Waals surface area contributed by atoms with Crippen molar-refractivity contribution in [1.29, 1.82) is 0 Å². The van der Waals surface area contributed by atoms with Crippen LogP contribution in [-0.4, -0.2) is 0 Å². The fourth-order valence-corrected chi connectivity index (χ4v) is 8.91. The highest BCUT2D eigenvalue weighted by molar-refractivity contribution is 7.25. The van der Waals surface area contributed by atoms with E-state index in [2.05, 4.69) is 168 Å². The largest absolute Gasteiger partial charge is 0.456 e. The molecular weight excluding hydrogens is 669 g/mol. The highest BCUT2D eigenvalue weighted by Gasteiger charge is 2.20. The SMILES string of the molecule is c1ccc(N(c2ccccc2)c2ccc3sc4cc(N(c5ccc6c(c5)oc5ccccc56)c5ccc6c(c5)oc5ccccc56)ccc4c3c2)cc1. The van der Waals surface area contributed by atoms with E-state index >= 15 is 0 Å². The molecular formula is C48H30N2O2S. The van der Waals surface area contributed by atoms with Crippen molar-refractivity contribution >= 4 is 110 Å². The van der Waals surface area contributed by atoms with Crippen molar-refractivity contribution in [3.05, 3.63) is 182 Å². The molecule has 0 saturated carbocycles. The Morgan fingerprint density at radius 3 is 1.30 bits per heavy atom. The minimum Gasteiger partial charge on any atom is -0.456 e. The molecule has 4 nitrogen and oxygen atoms in total. The average Bonchev–Trinajstić information content (AvgIpc) is 3.89. The number of benzene rings is 8. The van der Waals surface area contributed by atoms with Gasteiger partial charge in [0, 0.05) is 88.0 Å². The van der Waals surface area contributed by atoms with Crippen molar-refractivity contribution in [3.8, 4) is 0 Å². The summed E-state index contributed by atoms with van der Waals surface area (Å²) in [6.07, 6.45) is 0. The number of fused-ring (bicyclic) bond motifs is 9. The van der Waals surface area contributed by atoms with Crippen LogP contribution < -0.4 is 9.80 Å². The van der Waals surface area contributed by atoms with Crippen molar-refractivity contribution in [3.63, 3.8) is 0 Å². The minimum atomic E-state index is 0.857. The van der Waals surface area contributed by atoms with Gasteiger partial charge in [0.1, 0.15) is 22.3 Å². The van der Waals surface area contributed by atoms with Gasteiger partial charge in [-0.3, -0.25) is 0 Å². The Kier molecular flexibility index (Phi) is 6.69. The van der Waals surface area contributed by atoms with Crippen LogP contribution in [0.15, 0.2) is 191 Å². The second-order valence-corrected chi connectivity index (χ2v) is 14.4. The third-order valence-electron chi connectivity index (χ3n) is 10.2. The number of furan rings is 2. The Labute approximate surface area is 308 Å². The Morgan fingerprint density at radius 1 is 0.283 bits per heavy atom. The number of anilines is 6. The Hall–Kier alpha value is -6.82. The molecule has 11 rings (SSSR count). The number of para-hydroxylation sites is 4. The van der Waals surface area contributed by atoms with Crippen LogP contribution in [-0.2, 0) is 0 Å². The van der Waals surface area contributed by atoms with E-state index in [9.17, 15) is 0 Å². The van der Waals surface area contributed by atoms with E-state index in [0.717, 1.165) is 78.0 Å². The lowest BCUT2D eigenvalue weighted by Gasteiger charge is -2.25. The summed E-state index contributed by atoms with van der Waals surface area (Å²) in [5.74, 6) is 0. The number of hydrogen-bond acceptors (Lipinski definition) is 5. The van der Waals surface area contributed by atoms with E-state index in [-0.39, 0.29) is 0 Å². The standard InChI is InChI=1S/C48H30N2O2S/c1-3-11-31(12-4-1)49(32-13-5-2-6-14-32)33-22-26-47-42(27-33)41-25-21-36(30-48(41)53-47)50(34-19-23-39-37-15-7-9-17-43(37)51-45(39)28-34)35-20-24-40-38-16-8-10-18-44(38)52-46(40)29-35/h1-30H. The van der Waals surface area contributed by atoms with Crippen molar-refractivity contribution in [2.75, 3.05) is 9.80 Å². The van der Waals surface area contributed by atoms with Gasteiger partial charge in [0.15, 0.2) is 0 Å². The van der Waals surface area contributed by atoms with Gasteiger partial charge in [-0.2, -0.15) is 0 Å². The van der Waals surface area contributed by atoms with E-state index in [1.54, 1.807) is 0 Å². The number of thiophene rings is 1. The van der Waals surface area contributed by atoms with E-state index in [0.29, 0.717) is 0 Å². The van der Waals surface area contributed by atoms with Gasteiger partial charge in [-0.15, -0.1) is 11.3 Å². The molecule has 0 fully saturated rings. The van der Waals surface area contributed by atoms with Crippen LogP contribution in [0.3, 0.4) is 0 Å². The summed E-state index contributed by atoms with van der Waals surface area (Å²) < 4.78 is 15.2. The molecule has 0 N–H and O–H groups in total. The van der Waals surface area contributed by atoms with Crippen LogP contribution in [0.5, 0.6) is 0 Å². The molecule has 3 heterocycles. The summed E-state index contributed by atoms with van der Waals surface area (Å²) in [6, 6.07) is 64.3. The van der Waals surface area contributed by atoms with Crippen LogP contribution in [0, 0.1) is 0 Å². The fraction of sp³-hybridized carbons (Fsp3) is 0. The van der Waals surface area contributed by atoms with E-state index < -0.39 is 0 Å². The van der Waals surface area contributed by atoms with Crippen LogP contribution >= 0.6 is 11.3 Å². The molecule has 0 bridgehead atoms. The lowest BCUT2D eigenvalue weighted by atomic mass is 10.1. The minimum absolute atomic E-state index is 0.857. The van der Waals surface area contributed by atoms with Gasteiger partial charge in [0.2, 0.25) is 0 Å². The molecule has 0 spiro atoms. The Balaban J connectivity index is 1.07. The predicted octanol–water partition coefficient (Wildman–Crippen LogP) is 14.8. The first-order chi connectivity index (χ1) is 26.2. The molecule has 0 radical (unpaired) electrons. The second-order valence-electron chi connectivity index (χ2n) is 13.4. The smallest absolute Gasteiger partial charge is 0.137 e. The zero-order chi connectivity index (χ0) is 34.9. The molecule has 250 valence electrons. The second kappa shape index (κ2) is 11.9. The predicted molar refractivity (Wildman–Crippen MR) is 223 cm³/mol. The molecule has 0 aliphatic rings. The third-order valence-corrected chi connectivity index (χ3v) is 11.4. The van der Waals surface area contributed by atoms with Crippen molar-refractivity contribution in [1.82, 2.24) is 0 Å². The Morgan fingerprint density at radius 2 is 0.717 bits per heavy atom. The fourth-order valence-electron chi connectivity index (χ4n) is 7.79. The van der Waals surface area contributed by atoms with Crippen molar-refractivity contribution in [2.45, 2.75) is 0 Å². The topological polar surface area (TPSA) is 32.8 Å². The van der Waals surface area contributed by atoms with E-state index in [4.69, 9.17) is 8.83 Å². The summed E-state index contributed by atoms with van der Waals surface area (Å²) in [5.41, 5.74) is 9.94. The summed E-state index contributed by atoms with van der Waals surface area (Å²) in [6.45, 7) is 0. The van der Waals surface area contributed by atoms with E-state index in [1.807, 2.05) is 35.6 Å². The van der Waals surface area contributed by atoms with Gasteiger partial charge in [-0.1, -0.05) is 78.9 Å². The van der Waals surface area contributed by atoms with Gasteiger partial charge in [0.05, 0.1) is 0 Å². The number of hydrogen-bond donors (Lipinski definition) is 0. The molecule has 11 aromatic rings. The molecule has 0 amide bonds. The summed E-state index contributed by atoms with van der Waals surface area (Å²) in [7, 11) is 0. The van der Waals surface area contributed by atoms with E-state index in [1.165, 1.54) is 20.2 Å². The summed E-state index contributed by atoms with van der Waals surface area (Å²) in [5, 5.41) is 6.92. The van der Waals surface area contributed by atoms with Gasteiger partial charge in [-0.05, 0) is 91.0 Å². The average molecular weight is 699 g/mol. The molecule has 0 unspecified atom stereocenters. The maximum absolute atomic E-state index is 6.38. The van der Waals surface area contributed by atoms with Crippen LogP contribution in [0.1, 0.15) is 0 Å². The lowest BCUT2D eigenvalue weighted by Crippen LogP contribution is -2.09. The first kappa shape index (κ1) is 29.9. The third kappa shape index (κ3) is 4.90. The van der Waals surface area contributed by atoms with Gasteiger partial charge < -0.3 is 18.6 Å². The van der Waals surface area contributed by atoms with Gasteiger partial charge in [-0.25, -0.2) is 0 Å². The molecule has 8 aromatic carbocycles. The first-order valence-electron chi connectivity index (χ1n) is 17.7. The Bertz CT molecular complexity index is 2990. The zero-order valence-corrected chi connectivity index (χ0v) is 29.3. The van der Waals surface area contributed by atoms with Crippen LogP contribution in [0.4, 0.5) is 34.1 Å². The molecule has 0 aliphatic heterocycles. The van der Waals surface area contributed by atoms with Crippen LogP contribution in [0.2, 0.25) is 0 Å². The normalized spacial score (nSPS) is 11.8. The monoisotopic (exact) mass is 698 g/mol. The molecule has 3 aromatic heterocycles. The highest BCUT2D eigenvalue weighted by atomic mass is 32.1. The van der Waals surface area contributed by atoms with Crippen molar-refractivity contribution < 1.29 is 8.83 Å². The lowest BCUT2D eigenvalue weighted by molar-refractivity contribution is 0.669. The highest BCUT2D eigenvalue weighted by Crippen LogP contribution is 2.45. The van der Waals surface area contributed by atoms with Crippen molar-refractivity contribution in [2.24, 2.45) is 0 Å². The summed E-state index contributed by atoms with van der Waals surface area (Å²) in [4.78, 5) is 4.63. The maximum Gasteiger partial charge on any atom is 0.137 e. The zero-order valence-electron chi connectivity index (χ0n) is 28.4. The molecule has 53 heavy (non-hydrogen) atoms. The molecule has 0 atom stereocenters. The maximum atomic E-state index is 6.38. The molecule has 5 heteroatoms. The molecule has 0 aliphatic carbocycles. The first-order valence-corrected chi connectivity index (χ1v) is 18.6.